The fourth-order valence-corrected chi connectivity index (χ4v) is 3.14. The lowest BCUT2D eigenvalue weighted by molar-refractivity contribution is 0.0722. The van der Waals surface area contributed by atoms with Gasteiger partial charge in [-0.05, 0) is 52.7 Å². The van der Waals surface area contributed by atoms with Crippen molar-refractivity contribution in [1.82, 2.24) is 0 Å². The molecule has 0 saturated carbocycles. The van der Waals surface area contributed by atoms with E-state index >= 15 is 0 Å². The number of benzene rings is 2. The lowest BCUT2D eigenvalue weighted by Crippen LogP contribution is -2.18. The van der Waals surface area contributed by atoms with Crippen LogP contribution in [0.3, 0.4) is 0 Å². The standard InChI is InChI=1S/C23H30O5/c1-7-25-17(5)19-13-9-11-15(3)21(19)27-23(24)28-22-16(4)12-10-14-20(22)18(6)26-8-2/h9-14,17-18H,7-8H2,1-6H3. The molecule has 0 aromatic heterocycles. The number of hydrogen-bond acceptors (Lipinski definition) is 5. The van der Waals surface area contributed by atoms with Gasteiger partial charge < -0.3 is 18.9 Å². The molecule has 28 heavy (non-hydrogen) atoms. The van der Waals surface area contributed by atoms with E-state index in [2.05, 4.69) is 0 Å². The van der Waals surface area contributed by atoms with E-state index in [1.165, 1.54) is 0 Å². The topological polar surface area (TPSA) is 54.0 Å². The molecule has 0 radical (unpaired) electrons. The van der Waals surface area contributed by atoms with E-state index in [1.807, 2.05) is 77.9 Å². The Morgan fingerprint density at radius 2 is 1.18 bits per heavy atom. The largest absolute Gasteiger partial charge is 0.519 e. The van der Waals surface area contributed by atoms with Crippen LogP contribution in [0.25, 0.3) is 0 Å². The summed E-state index contributed by atoms with van der Waals surface area (Å²) in [5, 5.41) is 0. The van der Waals surface area contributed by atoms with Gasteiger partial charge in [-0.1, -0.05) is 36.4 Å². The third-order valence-corrected chi connectivity index (χ3v) is 4.56. The highest BCUT2D eigenvalue weighted by Crippen LogP contribution is 2.33. The van der Waals surface area contributed by atoms with Crippen molar-refractivity contribution < 1.29 is 23.7 Å². The maximum absolute atomic E-state index is 12.6. The zero-order chi connectivity index (χ0) is 20.7. The van der Waals surface area contributed by atoms with Gasteiger partial charge in [-0.2, -0.15) is 0 Å². The van der Waals surface area contributed by atoms with E-state index < -0.39 is 6.16 Å². The lowest BCUT2D eigenvalue weighted by atomic mass is 10.1. The Morgan fingerprint density at radius 1 is 0.786 bits per heavy atom. The molecule has 0 N–H and O–H groups in total. The van der Waals surface area contributed by atoms with E-state index in [0.717, 1.165) is 22.3 Å². The zero-order valence-electron chi connectivity index (χ0n) is 17.6. The molecule has 2 aromatic carbocycles. The van der Waals surface area contributed by atoms with E-state index in [4.69, 9.17) is 18.9 Å². The fraction of sp³-hybridized carbons (Fsp3) is 0.435. The molecule has 2 rings (SSSR count). The molecule has 0 aliphatic heterocycles. The van der Waals surface area contributed by atoms with Crippen LogP contribution in [0, 0.1) is 13.8 Å². The quantitative estimate of drug-likeness (QED) is 0.407. The summed E-state index contributed by atoms with van der Waals surface area (Å²) in [4.78, 5) is 12.6. The molecule has 2 atom stereocenters. The van der Waals surface area contributed by atoms with Gasteiger partial charge in [0.2, 0.25) is 0 Å². The molecular weight excluding hydrogens is 356 g/mol. The predicted molar refractivity (Wildman–Crippen MR) is 109 cm³/mol. The lowest BCUT2D eigenvalue weighted by Gasteiger charge is -2.20. The van der Waals surface area contributed by atoms with Crippen LogP contribution in [-0.2, 0) is 9.47 Å². The molecule has 5 heteroatoms. The minimum Gasteiger partial charge on any atom is -0.394 e. The molecule has 0 fully saturated rings. The van der Waals surface area contributed by atoms with Gasteiger partial charge >= 0.3 is 6.16 Å². The first-order valence-corrected chi connectivity index (χ1v) is 9.70. The van der Waals surface area contributed by atoms with Crippen molar-refractivity contribution in [2.24, 2.45) is 0 Å². The fourth-order valence-electron chi connectivity index (χ4n) is 3.14. The number of carbonyl (C=O) groups excluding carboxylic acids is 1. The normalized spacial score (nSPS) is 13.1. The van der Waals surface area contributed by atoms with E-state index in [1.54, 1.807) is 0 Å². The van der Waals surface area contributed by atoms with Gasteiger partial charge in [0.1, 0.15) is 11.5 Å². The zero-order valence-corrected chi connectivity index (χ0v) is 17.6. The number of hydrogen-bond donors (Lipinski definition) is 0. The second kappa shape index (κ2) is 10.2. The Morgan fingerprint density at radius 3 is 1.54 bits per heavy atom. The third kappa shape index (κ3) is 5.33. The average Bonchev–Trinajstić information content (AvgIpc) is 2.65. The highest BCUT2D eigenvalue weighted by Gasteiger charge is 2.21. The van der Waals surface area contributed by atoms with Crippen LogP contribution in [0.2, 0.25) is 0 Å². The summed E-state index contributed by atoms with van der Waals surface area (Å²) in [6.07, 6.45) is -1.17. The maximum atomic E-state index is 12.6. The van der Waals surface area contributed by atoms with E-state index in [-0.39, 0.29) is 12.2 Å². The molecule has 0 spiro atoms. The maximum Gasteiger partial charge on any atom is 0.519 e. The van der Waals surface area contributed by atoms with Crippen molar-refractivity contribution in [3.8, 4) is 11.5 Å². The Bertz CT molecular complexity index is 734. The van der Waals surface area contributed by atoms with Crippen LogP contribution in [0.15, 0.2) is 36.4 Å². The molecule has 152 valence electrons. The molecule has 0 aliphatic carbocycles. The van der Waals surface area contributed by atoms with Crippen molar-refractivity contribution >= 4 is 6.16 Å². The van der Waals surface area contributed by atoms with Gasteiger partial charge in [-0.15, -0.1) is 0 Å². The first-order valence-electron chi connectivity index (χ1n) is 9.70. The van der Waals surface area contributed by atoms with Crippen molar-refractivity contribution in [1.29, 1.82) is 0 Å². The summed E-state index contributed by atoms with van der Waals surface area (Å²) < 4.78 is 22.6. The highest BCUT2D eigenvalue weighted by molar-refractivity contribution is 5.69. The molecule has 0 saturated heterocycles. The second-order valence-electron chi connectivity index (χ2n) is 6.64. The first kappa shape index (κ1) is 21.9. The van der Waals surface area contributed by atoms with Crippen LogP contribution >= 0.6 is 0 Å². The Labute approximate surface area is 167 Å². The van der Waals surface area contributed by atoms with E-state index in [0.29, 0.717) is 24.7 Å². The number of rotatable bonds is 8. The van der Waals surface area contributed by atoms with Crippen LogP contribution in [-0.4, -0.2) is 19.4 Å². The van der Waals surface area contributed by atoms with Gasteiger partial charge in [0.25, 0.3) is 0 Å². The molecule has 0 amide bonds. The van der Waals surface area contributed by atoms with Gasteiger partial charge in [-0.3, -0.25) is 0 Å². The smallest absolute Gasteiger partial charge is 0.394 e. The molecule has 0 heterocycles. The SMILES string of the molecule is CCOC(C)c1cccc(C)c1OC(=O)Oc1c(C)cccc1C(C)OCC. The molecule has 2 unspecified atom stereocenters. The summed E-state index contributed by atoms with van der Waals surface area (Å²) in [6.45, 7) is 12.6. The molecule has 5 nitrogen and oxygen atoms in total. The summed E-state index contributed by atoms with van der Waals surface area (Å²) in [5.74, 6) is 0.947. The van der Waals surface area contributed by atoms with Gasteiger partial charge in [0.05, 0.1) is 12.2 Å². The van der Waals surface area contributed by atoms with Crippen molar-refractivity contribution in [3.63, 3.8) is 0 Å². The first-order chi connectivity index (χ1) is 13.4. The minimum absolute atomic E-state index is 0.195. The Hall–Kier alpha value is -2.37. The Balaban J connectivity index is 2.27. The minimum atomic E-state index is -0.779. The summed E-state index contributed by atoms with van der Waals surface area (Å²) in [6, 6.07) is 11.4. The van der Waals surface area contributed by atoms with E-state index in [9.17, 15) is 4.79 Å². The molecule has 0 aliphatic rings. The number of carbonyl (C=O) groups is 1. The summed E-state index contributed by atoms with van der Waals surface area (Å²) in [7, 11) is 0. The highest BCUT2D eigenvalue weighted by atomic mass is 16.7. The van der Waals surface area contributed by atoms with Crippen molar-refractivity contribution in [3.05, 3.63) is 58.7 Å². The van der Waals surface area contributed by atoms with Crippen LogP contribution in [0.4, 0.5) is 4.79 Å². The summed E-state index contributed by atoms with van der Waals surface area (Å²) in [5.41, 5.74) is 3.31. The average molecular weight is 386 g/mol. The Kier molecular flexibility index (Phi) is 8.03. The predicted octanol–water partition coefficient (Wildman–Crippen LogP) is 6.08. The number of aryl methyl sites for hydroxylation is 2. The van der Waals surface area contributed by atoms with Gasteiger partial charge in [0, 0.05) is 24.3 Å². The number of ether oxygens (including phenoxy) is 4. The van der Waals surface area contributed by atoms with Crippen molar-refractivity contribution in [2.75, 3.05) is 13.2 Å². The second-order valence-corrected chi connectivity index (χ2v) is 6.64. The summed E-state index contributed by atoms with van der Waals surface area (Å²) >= 11 is 0. The van der Waals surface area contributed by atoms with Crippen molar-refractivity contribution in [2.45, 2.75) is 53.8 Å². The molecule has 0 bridgehead atoms. The number of para-hydroxylation sites is 2. The van der Waals surface area contributed by atoms with Crippen LogP contribution < -0.4 is 9.47 Å². The molecular formula is C23H30O5. The van der Waals surface area contributed by atoms with Crippen LogP contribution in [0.5, 0.6) is 11.5 Å². The third-order valence-electron chi connectivity index (χ3n) is 4.56. The van der Waals surface area contributed by atoms with Crippen LogP contribution in [0.1, 0.15) is 62.2 Å². The molecule has 2 aromatic rings. The monoisotopic (exact) mass is 386 g/mol. The van der Waals surface area contributed by atoms with Gasteiger partial charge in [-0.25, -0.2) is 4.79 Å². The van der Waals surface area contributed by atoms with Gasteiger partial charge in [0.15, 0.2) is 0 Å².